The molecular weight excluding hydrogens is 364 g/mol. The first-order valence-electron chi connectivity index (χ1n) is 8.60. The second kappa shape index (κ2) is 7.51. The van der Waals surface area contributed by atoms with E-state index in [4.69, 9.17) is 24.7 Å². The highest BCUT2D eigenvalue weighted by atomic mass is 16.5. The Labute approximate surface area is 160 Å². The molecule has 0 spiro atoms. The molecule has 1 aromatic heterocycles. The fraction of sp³-hybridized carbons (Fsp3) is 0.200. The third-order valence-corrected chi connectivity index (χ3v) is 4.69. The van der Waals surface area contributed by atoms with Crippen LogP contribution < -0.4 is 15.2 Å². The topological polar surface area (TPSA) is 113 Å². The van der Waals surface area contributed by atoms with Gasteiger partial charge in [-0.2, -0.15) is 0 Å². The van der Waals surface area contributed by atoms with E-state index in [-0.39, 0.29) is 13.2 Å². The first-order valence-corrected chi connectivity index (χ1v) is 8.60. The van der Waals surface area contributed by atoms with Gasteiger partial charge in [-0.3, -0.25) is 9.59 Å². The fourth-order valence-electron chi connectivity index (χ4n) is 3.27. The molecule has 1 aliphatic rings. The van der Waals surface area contributed by atoms with E-state index in [1.165, 1.54) is 0 Å². The Hall–Kier alpha value is -3.68. The first kappa shape index (κ1) is 17.7. The lowest BCUT2D eigenvalue weighted by molar-refractivity contribution is -0.131. The maximum atomic E-state index is 10.6. The van der Waals surface area contributed by atoms with Crippen molar-refractivity contribution in [3.05, 3.63) is 52.7 Å². The molecular formula is C20H18N2O6. The summed E-state index contributed by atoms with van der Waals surface area (Å²) in [5.74, 6) is 1.79. The van der Waals surface area contributed by atoms with Crippen molar-refractivity contribution in [3.8, 4) is 11.5 Å². The van der Waals surface area contributed by atoms with Gasteiger partial charge >= 0.3 is 0 Å². The van der Waals surface area contributed by atoms with Crippen LogP contribution in [0.25, 0.3) is 10.8 Å². The van der Waals surface area contributed by atoms with Crippen LogP contribution in [0.2, 0.25) is 0 Å². The monoisotopic (exact) mass is 382 g/mol. The van der Waals surface area contributed by atoms with Crippen LogP contribution in [0.4, 0.5) is 5.82 Å². The molecule has 0 saturated heterocycles. The van der Waals surface area contributed by atoms with E-state index < -0.39 is 0 Å². The van der Waals surface area contributed by atoms with Gasteiger partial charge in [0.15, 0.2) is 11.5 Å². The van der Waals surface area contributed by atoms with Crippen LogP contribution in [0.3, 0.4) is 0 Å². The number of nitrogen functional groups attached to an aromatic ring is 1. The van der Waals surface area contributed by atoms with E-state index in [0.29, 0.717) is 43.5 Å². The molecule has 0 fully saturated rings. The quantitative estimate of drug-likeness (QED) is 0.630. The number of hydrogen-bond donors (Lipinski definition) is 2. The summed E-state index contributed by atoms with van der Waals surface area (Å²) in [6, 6.07) is 7.48. The van der Waals surface area contributed by atoms with Gasteiger partial charge in [0.2, 0.25) is 0 Å². The standard InChI is InChI=1S/C20H18N2O6/c21-20-17-4-19-18(3-12(17)5-22-20)27-8-15-1-13(6-25-10-23)14(7-26-11-24)2-16(15)9-28-19/h1-5,10-11,22H,6-9,21H2. The number of H-pyrrole nitrogens is 1. The summed E-state index contributed by atoms with van der Waals surface area (Å²) >= 11 is 0. The fourth-order valence-corrected chi connectivity index (χ4v) is 3.27. The highest BCUT2D eigenvalue weighted by Crippen LogP contribution is 2.37. The predicted octanol–water partition coefficient (Wildman–Crippen LogP) is 2.57. The third-order valence-electron chi connectivity index (χ3n) is 4.69. The summed E-state index contributed by atoms with van der Waals surface area (Å²) in [6.07, 6.45) is 1.81. The van der Waals surface area contributed by atoms with Gasteiger partial charge in [-0.25, -0.2) is 0 Å². The normalized spacial score (nSPS) is 12.6. The number of benzene rings is 2. The number of carbonyl (C=O) groups excluding carboxylic acids is 2. The van der Waals surface area contributed by atoms with Crippen LogP contribution in [0.1, 0.15) is 22.3 Å². The van der Waals surface area contributed by atoms with Crippen LogP contribution in [0.5, 0.6) is 11.5 Å². The van der Waals surface area contributed by atoms with Gasteiger partial charge in [0, 0.05) is 17.0 Å². The average Bonchev–Trinajstić information content (AvgIpc) is 3.06. The molecule has 0 bridgehead atoms. The zero-order valence-electron chi connectivity index (χ0n) is 14.9. The van der Waals surface area contributed by atoms with Crippen molar-refractivity contribution in [1.29, 1.82) is 0 Å². The number of fused-ring (bicyclic) bond motifs is 3. The number of aromatic nitrogens is 1. The molecule has 2 heterocycles. The predicted molar refractivity (Wildman–Crippen MR) is 99.5 cm³/mol. The molecule has 0 radical (unpaired) electrons. The molecule has 0 atom stereocenters. The van der Waals surface area contributed by atoms with Crippen molar-refractivity contribution in [1.82, 2.24) is 4.98 Å². The molecule has 2 aromatic carbocycles. The van der Waals surface area contributed by atoms with Crippen LogP contribution in [0, 0.1) is 0 Å². The van der Waals surface area contributed by atoms with E-state index in [0.717, 1.165) is 33.0 Å². The van der Waals surface area contributed by atoms with Gasteiger partial charge < -0.3 is 29.7 Å². The number of nitrogens with one attached hydrogen (secondary N) is 1. The lowest BCUT2D eigenvalue weighted by Crippen LogP contribution is -2.11. The number of anilines is 1. The number of nitrogens with two attached hydrogens (primary N) is 1. The van der Waals surface area contributed by atoms with Crippen molar-refractivity contribution in [3.63, 3.8) is 0 Å². The van der Waals surface area contributed by atoms with Crippen molar-refractivity contribution in [2.24, 2.45) is 0 Å². The Morgan fingerprint density at radius 2 is 1.50 bits per heavy atom. The Balaban J connectivity index is 1.68. The second-order valence-corrected chi connectivity index (χ2v) is 6.37. The number of rotatable bonds is 6. The Morgan fingerprint density at radius 3 is 2.07 bits per heavy atom. The maximum Gasteiger partial charge on any atom is 0.293 e. The van der Waals surface area contributed by atoms with Crippen LogP contribution in [-0.4, -0.2) is 17.9 Å². The molecule has 0 amide bonds. The minimum Gasteiger partial charge on any atom is -0.485 e. The van der Waals surface area contributed by atoms with Crippen molar-refractivity contribution in [2.75, 3.05) is 5.73 Å². The number of hydrogen-bond acceptors (Lipinski definition) is 7. The highest BCUT2D eigenvalue weighted by molar-refractivity contribution is 5.94. The van der Waals surface area contributed by atoms with Crippen LogP contribution in [0.15, 0.2) is 30.5 Å². The highest BCUT2D eigenvalue weighted by Gasteiger charge is 2.18. The lowest BCUT2D eigenvalue weighted by atomic mass is 9.99. The SMILES string of the molecule is Nc1[nH]cc2cc3c(cc12)OCc1cc(COC=O)c(COC=O)cc1CO3. The molecule has 3 aromatic rings. The molecule has 1 aliphatic heterocycles. The van der Waals surface area contributed by atoms with E-state index >= 15 is 0 Å². The van der Waals surface area contributed by atoms with Crippen LogP contribution in [-0.2, 0) is 45.5 Å². The van der Waals surface area contributed by atoms with Crippen molar-refractivity contribution < 1.29 is 28.5 Å². The van der Waals surface area contributed by atoms with Gasteiger partial charge in [-0.15, -0.1) is 0 Å². The Bertz CT molecular complexity index is 1040. The molecule has 8 heteroatoms. The van der Waals surface area contributed by atoms with Crippen LogP contribution >= 0.6 is 0 Å². The summed E-state index contributed by atoms with van der Waals surface area (Å²) in [7, 11) is 0. The van der Waals surface area contributed by atoms with Crippen molar-refractivity contribution in [2.45, 2.75) is 26.4 Å². The van der Waals surface area contributed by atoms with E-state index in [9.17, 15) is 9.59 Å². The summed E-state index contributed by atoms with van der Waals surface area (Å²) in [5, 5.41) is 1.80. The molecule has 3 N–H and O–H groups in total. The summed E-state index contributed by atoms with van der Waals surface area (Å²) in [6.45, 7) is 1.54. The number of carbonyl (C=O) groups is 2. The maximum absolute atomic E-state index is 10.6. The lowest BCUT2D eigenvalue weighted by Gasteiger charge is -2.21. The second-order valence-electron chi connectivity index (χ2n) is 6.37. The zero-order valence-corrected chi connectivity index (χ0v) is 14.9. The van der Waals surface area contributed by atoms with Gasteiger partial charge in [-0.1, -0.05) is 0 Å². The van der Waals surface area contributed by atoms with Gasteiger partial charge in [0.05, 0.1) is 0 Å². The minimum absolute atomic E-state index is 0.0757. The molecule has 0 unspecified atom stereocenters. The summed E-state index contributed by atoms with van der Waals surface area (Å²) in [5.41, 5.74) is 9.22. The Kier molecular flexibility index (Phi) is 4.76. The Morgan fingerprint density at radius 1 is 0.929 bits per heavy atom. The minimum atomic E-state index is 0.0757. The molecule has 4 rings (SSSR count). The first-order chi connectivity index (χ1) is 13.7. The average molecular weight is 382 g/mol. The molecule has 144 valence electrons. The third kappa shape index (κ3) is 3.32. The molecule has 28 heavy (non-hydrogen) atoms. The summed E-state index contributed by atoms with van der Waals surface area (Å²) < 4.78 is 21.7. The van der Waals surface area contributed by atoms with Crippen molar-refractivity contribution >= 4 is 29.5 Å². The van der Waals surface area contributed by atoms with Gasteiger partial charge in [0.1, 0.15) is 32.2 Å². The van der Waals surface area contributed by atoms with E-state index in [2.05, 4.69) is 4.98 Å². The smallest absolute Gasteiger partial charge is 0.293 e. The van der Waals surface area contributed by atoms with E-state index in [1.807, 2.05) is 30.5 Å². The summed E-state index contributed by atoms with van der Waals surface area (Å²) in [4.78, 5) is 24.1. The van der Waals surface area contributed by atoms with Gasteiger partial charge in [0.25, 0.3) is 12.9 Å². The van der Waals surface area contributed by atoms with Gasteiger partial charge in [-0.05, 0) is 46.5 Å². The number of aromatic amines is 1. The number of ether oxygens (including phenoxy) is 4. The van der Waals surface area contributed by atoms with E-state index in [1.54, 1.807) is 0 Å². The molecule has 0 aliphatic carbocycles. The largest absolute Gasteiger partial charge is 0.485 e. The zero-order chi connectivity index (χ0) is 19.5. The molecule has 8 nitrogen and oxygen atoms in total. The molecule has 0 saturated carbocycles.